The van der Waals surface area contributed by atoms with Crippen LogP contribution in [0.3, 0.4) is 0 Å². The third-order valence-corrected chi connectivity index (χ3v) is 3.66. The molecule has 0 saturated carbocycles. The Bertz CT molecular complexity index is 343. The summed E-state index contributed by atoms with van der Waals surface area (Å²) < 4.78 is 0. The third-order valence-electron chi connectivity index (χ3n) is 3.66. The molecule has 1 heterocycles. The van der Waals surface area contributed by atoms with E-state index in [1.165, 1.54) is 36.1 Å². The maximum absolute atomic E-state index is 4.61. The molecule has 0 fully saturated rings. The van der Waals surface area contributed by atoms with E-state index >= 15 is 0 Å². The molecule has 1 unspecified atom stereocenters. The summed E-state index contributed by atoms with van der Waals surface area (Å²) in [5.41, 5.74) is 3.75. The van der Waals surface area contributed by atoms with Gasteiger partial charge in [-0.3, -0.25) is 4.98 Å². The number of rotatable bonds is 6. The number of aromatic nitrogens is 1. The van der Waals surface area contributed by atoms with Gasteiger partial charge in [-0.2, -0.15) is 0 Å². The largest absolute Gasteiger partial charge is 0.312 e. The van der Waals surface area contributed by atoms with Crippen molar-refractivity contribution in [1.29, 1.82) is 0 Å². The number of aryl methyl sites for hydroxylation is 2. The fourth-order valence-corrected chi connectivity index (χ4v) is 2.41. The summed E-state index contributed by atoms with van der Waals surface area (Å²) in [7, 11) is 2.04. The first-order chi connectivity index (χ1) is 8.12. The SMILES string of the molecule is CCC(CC)CC(NC)c1ncc(C)cc1C. The second kappa shape index (κ2) is 6.75. The van der Waals surface area contributed by atoms with Gasteiger partial charge in [0, 0.05) is 12.2 Å². The molecule has 1 aromatic rings. The number of nitrogens with zero attached hydrogens (tertiary/aromatic N) is 1. The third kappa shape index (κ3) is 3.81. The molecule has 17 heavy (non-hydrogen) atoms. The molecule has 0 bridgehead atoms. The summed E-state index contributed by atoms with van der Waals surface area (Å²) >= 11 is 0. The Morgan fingerprint density at radius 3 is 2.35 bits per heavy atom. The zero-order valence-corrected chi connectivity index (χ0v) is 11.9. The molecule has 0 aliphatic rings. The maximum Gasteiger partial charge on any atom is 0.0602 e. The molecule has 2 nitrogen and oxygen atoms in total. The molecule has 0 radical (unpaired) electrons. The molecule has 1 aromatic heterocycles. The molecule has 1 rings (SSSR count). The van der Waals surface area contributed by atoms with E-state index in [-0.39, 0.29) is 0 Å². The maximum atomic E-state index is 4.61. The predicted octanol–water partition coefficient (Wildman–Crippen LogP) is 3.79. The van der Waals surface area contributed by atoms with Gasteiger partial charge in [0.15, 0.2) is 0 Å². The van der Waals surface area contributed by atoms with Gasteiger partial charge in [0.1, 0.15) is 0 Å². The molecule has 0 amide bonds. The fourth-order valence-electron chi connectivity index (χ4n) is 2.41. The van der Waals surface area contributed by atoms with E-state index in [0.717, 1.165) is 5.92 Å². The summed E-state index contributed by atoms with van der Waals surface area (Å²) in [6, 6.07) is 2.61. The first-order valence-electron chi connectivity index (χ1n) is 6.72. The van der Waals surface area contributed by atoms with Gasteiger partial charge in [-0.15, -0.1) is 0 Å². The molecule has 0 aromatic carbocycles. The molecule has 2 heteroatoms. The van der Waals surface area contributed by atoms with Gasteiger partial charge in [-0.05, 0) is 44.4 Å². The van der Waals surface area contributed by atoms with Crippen LogP contribution in [0.15, 0.2) is 12.3 Å². The first kappa shape index (κ1) is 14.2. The van der Waals surface area contributed by atoms with Gasteiger partial charge in [0.05, 0.1) is 5.69 Å². The highest BCUT2D eigenvalue weighted by Gasteiger charge is 2.17. The fraction of sp³-hybridized carbons (Fsp3) is 0.667. The van der Waals surface area contributed by atoms with Crippen LogP contribution in [-0.4, -0.2) is 12.0 Å². The number of pyridine rings is 1. The van der Waals surface area contributed by atoms with Crippen LogP contribution in [0.5, 0.6) is 0 Å². The van der Waals surface area contributed by atoms with Crippen molar-refractivity contribution in [1.82, 2.24) is 10.3 Å². The lowest BCUT2D eigenvalue weighted by molar-refractivity contribution is 0.380. The smallest absolute Gasteiger partial charge is 0.0602 e. The van der Waals surface area contributed by atoms with Crippen LogP contribution in [0.4, 0.5) is 0 Å². The van der Waals surface area contributed by atoms with E-state index in [4.69, 9.17) is 0 Å². The molecule has 0 aliphatic carbocycles. The Morgan fingerprint density at radius 2 is 1.88 bits per heavy atom. The quantitative estimate of drug-likeness (QED) is 0.810. The van der Waals surface area contributed by atoms with Crippen LogP contribution in [0.1, 0.15) is 56.0 Å². The highest BCUT2D eigenvalue weighted by molar-refractivity contribution is 5.25. The zero-order chi connectivity index (χ0) is 12.8. The topological polar surface area (TPSA) is 24.9 Å². The monoisotopic (exact) mass is 234 g/mol. The minimum Gasteiger partial charge on any atom is -0.312 e. The van der Waals surface area contributed by atoms with Gasteiger partial charge in [0.25, 0.3) is 0 Å². The van der Waals surface area contributed by atoms with Crippen molar-refractivity contribution >= 4 is 0 Å². The second-order valence-corrected chi connectivity index (χ2v) is 4.97. The number of hydrogen-bond acceptors (Lipinski definition) is 2. The molecule has 0 aliphatic heterocycles. The highest BCUT2D eigenvalue weighted by Crippen LogP contribution is 2.25. The van der Waals surface area contributed by atoms with Gasteiger partial charge >= 0.3 is 0 Å². The molecule has 0 saturated heterocycles. The van der Waals surface area contributed by atoms with Crippen LogP contribution in [-0.2, 0) is 0 Å². The molecular weight excluding hydrogens is 208 g/mol. The Balaban J connectivity index is 2.85. The lowest BCUT2D eigenvalue weighted by atomic mass is 9.92. The molecule has 96 valence electrons. The van der Waals surface area contributed by atoms with Crippen LogP contribution >= 0.6 is 0 Å². The molecule has 1 atom stereocenters. The highest BCUT2D eigenvalue weighted by atomic mass is 14.9. The molecule has 0 spiro atoms. The van der Waals surface area contributed by atoms with E-state index in [1.807, 2.05) is 13.2 Å². The normalized spacial score (nSPS) is 13.1. The average Bonchev–Trinajstić information content (AvgIpc) is 2.32. The standard InChI is InChI=1S/C15H26N2/c1-6-13(7-2)9-14(16-5)15-12(4)8-11(3)10-17-15/h8,10,13-14,16H,6-7,9H2,1-5H3. The minimum absolute atomic E-state index is 0.389. The number of hydrogen-bond donors (Lipinski definition) is 1. The lowest BCUT2D eigenvalue weighted by Crippen LogP contribution is -2.21. The zero-order valence-electron chi connectivity index (χ0n) is 11.9. The van der Waals surface area contributed by atoms with E-state index < -0.39 is 0 Å². The summed E-state index contributed by atoms with van der Waals surface area (Å²) in [6.07, 6.45) is 5.65. The van der Waals surface area contributed by atoms with Crippen molar-refractivity contribution in [3.8, 4) is 0 Å². The Kier molecular flexibility index (Phi) is 5.63. The summed E-state index contributed by atoms with van der Waals surface area (Å²) in [5.74, 6) is 0.787. The lowest BCUT2D eigenvalue weighted by Gasteiger charge is -2.22. The second-order valence-electron chi connectivity index (χ2n) is 4.97. The first-order valence-corrected chi connectivity index (χ1v) is 6.72. The van der Waals surface area contributed by atoms with E-state index in [1.54, 1.807) is 0 Å². The average molecular weight is 234 g/mol. The van der Waals surface area contributed by atoms with Crippen LogP contribution < -0.4 is 5.32 Å². The Hall–Kier alpha value is -0.890. The Labute approximate surface area is 106 Å². The number of nitrogens with one attached hydrogen (secondary N) is 1. The van der Waals surface area contributed by atoms with Crippen LogP contribution in [0, 0.1) is 19.8 Å². The summed E-state index contributed by atoms with van der Waals surface area (Å²) in [6.45, 7) is 8.80. The van der Waals surface area contributed by atoms with E-state index in [0.29, 0.717) is 6.04 Å². The van der Waals surface area contributed by atoms with Crippen molar-refractivity contribution in [2.45, 2.75) is 53.0 Å². The van der Waals surface area contributed by atoms with E-state index in [2.05, 4.69) is 44.1 Å². The minimum atomic E-state index is 0.389. The van der Waals surface area contributed by atoms with Crippen molar-refractivity contribution in [2.75, 3.05) is 7.05 Å². The van der Waals surface area contributed by atoms with Gasteiger partial charge in [-0.1, -0.05) is 32.8 Å². The van der Waals surface area contributed by atoms with Gasteiger partial charge < -0.3 is 5.32 Å². The van der Waals surface area contributed by atoms with E-state index in [9.17, 15) is 0 Å². The van der Waals surface area contributed by atoms with Crippen molar-refractivity contribution < 1.29 is 0 Å². The van der Waals surface area contributed by atoms with Crippen LogP contribution in [0.25, 0.3) is 0 Å². The van der Waals surface area contributed by atoms with Crippen LogP contribution in [0.2, 0.25) is 0 Å². The summed E-state index contributed by atoms with van der Waals surface area (Å²) in [5, 5.41) is 3.42. The van der Waals surface area contributed by atoms with Gasteiger partial charge in [0.2, 0.25) is 0 Å². The van der Waals surface area contributed by atoms with Crippen molar-refractivity contribution in [2.24, 2.45) is 5.92 Å². The summed E-state index contributed by atoms with van der Waals surface area (Å²) in [4.78, 5) is 4.61. The van der Waals surface area contributed by atoms with Crippen molar-refractivity contribution in [3.63, 3.8) is 0 Å². The van der Waals surface area contributed by atoms with Gasteiger partial charge in [-0.25, -0.2) is 0 Å². The molecule has 1 N–H and O–H groups in total. The van der Waals surface area contributed by atoms with Crippen molar-refractivity contribution in [3.05, 3.63) is 29.1 Å². The Morgan fingerprint density at radius 1 is 1.24 bits per heavy atom. The molecular formula is C15H26N2. The predicted molar refractivity (Wildman–Crippen MR) is 74.2 cm³/mol.